The van der Waals surface area contributed by atoms with Crippen LogP contribution in [0.1, 0.15) is 36.0 Å². The van der Waals surface area contributed by atoms with Crippen molar-refractivity contribution >= 4 is 5.91 Å². The Morgan fingerprint density at radius 2 is 1.96 bits per heavy atom. The summed E-state index contributed by atoms with van der Waals surface area (Å²) in [7, 11) is 0. The van der Waals surface area contributed by atoms with E-state index in [0.29, 0.717) is 25.2 Å². The number of nitrogens with two attached hydrogens (primary N) is 1. The number of primary amides is 1. The third-order valence-electron chi connectivity index (χ3n) is 5.44. The summed E-state index contributed by atoms with van der Waals surface area (Å²) >= 11 is 0. The van der Waals surface area contributed by atoms with Crippen LogP contribution < -0.4 is 10.5 Å². The maximum atomic E-state index is 11.0. The van der Waals surface area contributed by atoms with Crippen LogP contribution in [0.5, 0.6) is 5.75 Å². The Labute approximate surface area is 153 Å². The quantitative estimate of drug-likeness (QED) is 0.636. The zero-order chi connectivity index (χ0) is 18.6. The largest absolute Gasteiger partial charge is 0.494 e. The third kappa shape index (κ3) is 4.35. The number of piperidine rings is 1. The molecule has 1 amide bonds. The number of carbonyl (C=O) groups is 1. The number of hydrogen-bond donors (Lipinski definition) is 3. The standard InChI is InChI=1S/C19H28N2O5/c20-18(24)14-2-4-15(5-3-14)25-12-1-9-21-10-7-19(8-11-21)17(23)16(22)6-13-26-19/h2-5,16-17,22-23H,1,6-13H2,(H2,20,24)/t16-,17-/m0/s1. The second-order valence-corrected chi connectivity index (χ2v) is 7.15. The van der Waals surface area contributed by atoms with Crippen molar-refractivity contribution in [3.05, 3.63) is 29.8 Å². The second-order valence-electron chi connectivity index (χ2n) is 7.15. The van der Waals surface area contributed by atoms with Gasteiger partial charge in [0.2, 0.25) is 5.91 Å². The number of benzene rings is 1. The summed E-state index contributed by atoms with van der Waals surface area (Å²) in [5, 5.41) is 20.2. The van der Waals surface area contributed by atoms with Gasteiger partial charge < -0.3 is 30.3 Å². The minimum atomic E-state index is -0.787. The topological polar surface area (TPSA) is 105 Å². The Hall–Kier alpha value is -1.67. The van der Waals surface area contributed by atoms with Gasteiger partial charge in [-0.1, -0.05) is 0 Å². The molecule has 0 unspecified atom stereocenters. The van der Waals surface area contributed by atoms with Gasteiger partial charge in [-0.2, -0.15) is 0 Å². The lowest BCUT2D eigenvalue weighted by Crippen LogP contribution is -2.59. The molecule has 0 saturated carbocycles. The van der Waals surface area contributed by atoms with E-state index >= 15 is 0 Å². The summed E-state index contributed by atoms with van der Waals surface area (Å²) in [6, 6.07) is 6.81. The van der Waals surface area contributed by atoms with Crippen LogP contribution in [0, 0.1) is 0 Å². The highest BCUT2D eigenvalue weighted by Gasteiger charge is 2.47. The highest BCUT2D eigenvalue weighted by atomic mass is 16.5. The normalized spacial score (nSPS) is 25.9. The van der Waals surface area contributed by atoms with Gasteiger partial charge in [0.25, 0.3) is 0 Å². The molecule has 2 saturated heterocycles. The Bertz CT molecular complexity index is 598. The lowest BCUT2D eigenvalue weighted by Gasteiger charge is -2.48. The molecule has 2 aliphatic heterocycles. The van der Waals surface area contributed by atoms with E-state index in [-0.39, 0.29) is 0 Å². The monoisotopic (exact) mass is 364 g/mol. The molecular formula is C19H28N2O5. The first kappa shape index (κ1) is 19.1. The van der Waals surface area contributed by atoms with Crippen LogP contribution in [0.25, 0.3) is 0 Å². The van der Waals surface area contributed by atoms with Gasteiger partial charge >= 0.3 is 0 Å². The first-order chi connectivity index (χ1) is 12.5. The van der Waals surface area contributed by atoms with E-state index in [2.05, 4.69) is 4.90 Å². The Kier molecular flexibility index (Phi) is 6.13. The third-order valence-corrected chi connectivity index (χ3v) is 5.44. The van der Waals surface area contributed by atoms with Crippen LogP contribution in [-0.4, -0.2) is 71.7 Å². The molecule has 2 heterocycles. The fourth-order valence-corrected chi connectivity index (χ4v) is 3.77. The number of amides is 1. The molecule has 1 spiro atoms. The average molecular weight is 364 g/mol. The molecule has 2 atom stereocenters. The number of ether oxygens (including phenoxy) is 2. The predicted molar refractivity (Wildman–Crippen MR) is 96.1 cm³/mol. The van der Waals surface area contributed by atoms with Crippen LogP contribution in [-0.2, 0) is 4.74 Å². The molecular weight excluding hydrogens is 336 g/mol. The number of carbonyl (C=O) groups excluding carboxylic acids is 1. The molecule has 7 heteroatoms. The molecule has 3 rings (SSSR count). The maximum absolute atomic E-state index is 11.0. The molecule has 1 aromatic carbocycles. The van der Waals surface area contributed by atoms with E-state index in [4.69, 9.17) is 15.2 Å². The van der Waals surface area contributed by atoms with E-state index in [1.54, 1.807) is 24.3 Å². The van der Waals surface area contributed by atoms with Crippen molar-refractivity contribution in [2.24, 2.45) is 5.73 Å². The Morgan fingerprint density at radius 1 is 1.27 bits per heavy atom. The number of aliphatic hydroxyl groups is 2. The minimum Gasteiger partial charge on any atom is -0.494 e. The summed E-state index contributed by atoms with van der Waals surface area (Å²) in [5.74, 6) is 0.277. The highest BCUT2D eigenvalue weighted by Crippen LogP contribution is 2.35. The molecule has 144 valence electrons. The zero-order valence-corrected chi connectivity index (χ0v) is 15.0. The van der Waals surface area contributed by atoms with Gasteiger partial charge in [0.05, 0.1) is 24.9 Å². The van der Waals surface area contributed by atoms with Crippen molar-refractivity contribution < 1.29 is 24.5 Å². The van der Waals surface area contributed by atoms with Crippen molar-refractivity contribution in [1.29, 1.82) is 0 Å². The first-order valence-corrected chi connectivity index (χ1v) is 9.25. The Morgan fingerprint density at radius 3 is 2.62 bits per heavy atom. The van der Waals surface area contributed by atoms with Gasteiger partial charge in [-0.25, -0.2) is 0 Å². The molecule has 1 aromatic rings. The first-order valence-electron chi connectivity index (χ1n) is 9.25. The van der Waals surface area contributed by atoms with E-state index in [0.717, 1.165) is 44.6 Å². The smallest absolute Gasteiger partial charge is 0.248 e. The summed E-state index contributed by atoms with van der Waals surface area (Å²) in [6.07, 6.45) is 1.40. The van der Waals surface area contributed by atoms with Crippen molar-refractivity contribution in [1.82, 2.24) is 4.90 Å². The summed E-state index contributed by atoms with van der Waals surface area (Å²) in [6.45, 7) is 3.71. The lowest BCUT2D eigenvalue weighted by atomic mass is 9.80. The van der Waals surface area contributed by atoms with Crippen molar-refractivity contribution in [2.75, 3.05) is 32.8 Å². The van der Waals surface area contributed by atoms with Gasteiger partial charge in [-0.3, -0.25) is 4.79 Å². The van der Waals surface area contributed by atoms with E-state index in [9.17, 15) is 15.0 Å². The van der Waals surface area contributed by atoms with Gasteiger partial charge in [0.15, 0.2) is 0 Å². The van der Waals surface area contributed by atoms with Gasteiger partial charge in [0, 0.05) is 25.2 Å². The SMILES string of the molecule is NC(=O)c1ccc(OCCCN2CCC3(CC2)OCC[C@H](O)[C@@H]3O)cc1. The fourth-order valence-electron chi connectivity index (χ4n) is 3.77. The van der Waals surface area contributed by atoms with Crippen LogP contribution >= 0.6 is 0 Å². The van der Waals surface area contributed by atoms with E-state index in [1.165, 1.54) is 0 Å². The Balaban J connectivity index is 1.37. The van der Waals surface area contributed by atoms with Crippen LogP contribution in [0.2, 0.25) is 0 Å². The van der Waals surface area contributed by atoms with Gasteiger partial charge in [-0.15, -0.1) is 0 Å². The van der Waals surface area contributed by atoms with Crippen LogP contribution in [0.3, 0.4) is 0 Å². The molecule has 0 aliphatic carbocycles. The molecule has 2 aliphatic rings. The molecule has 7 nitrogen and oxygen atoms in total. The highest BCUT2D eigenvalue weighted by molar-refractivity contribution is 5.92. The van der Waals surface area contributed by atoms with Gasteiger partial charge in [0.1, 0.15) is 11.9 Å². The molecule has 0 radical (unpaired) electrons. The molecule has 0 aromatic heterocycles. The fraction of sp³-hybridized carbons (Fsp3) is 0.632. The average Bonchev–Trinajstić information content (AvgIpc) is 2.65. The number of likely N-dealkylation sites (tertiary alicyclic amines) is 1. The van der Waals surface area contributed by atoms with Crippen molar-refractivity contribution in [2.45, 2.75) is 43.5 Å². The molecule has 2 fully saturated rings. The summed E-state index contributed by atoms with van der Waals surface area (Å²) < 4.78 is 11.5. The molecule has 0 bridgehead atoms. The predicted octanol–water partition coefficient (Wildman–Crippen LogP) is 0.531. The number of rotatable bonds is 6. The maximum Gasteiger partial charge on any atom is 0.248 e. The van der Waals surface area contributed by atoms with E-state index < -0.39 is 23.7 Å². The molecule has 26 heavy (non-hydrogen) atoms. The van der Waals surface area contributed by atoms with Crippen LogP contribution in [0.15, 0.2) is 24.3 Å². The second kappa shape index (κ2) is 8.35. The van der Waals surface area contributed by atoms with Crippen molar-refractivity contribution in [3.63, 3.8) is 0 Å². The van der Waals surface area contributed by atoms with Crippen molar-refractivity contribution in [3.8, 4) is 5.75 Å². The lowest BCUT2D eigenvalue weighted by molar-refractivity contribution is -0.214. The number of aliphatic hydroxyl groups excluding tert-OH is 2. The summed E-state index contributed by atoms with van der Waals surface area (Å²) in [4.78, 5) is 13.4. The molecule has 4 N–H and O–H groups in total. The van der Waals surface area contributed by atoms with Gasteiger partial charge in [-0.05, 0) is 49.9 Å². The zero-order valence-electron chi connectivity index (χ0n) is 15.0. The van der Waals surface area contributed by atoms with E-state index in [1.807, 2.05) is 0 Å². The summed E-state index contributed by atoms with van der Waals surface area (Å²) in [5.41, 5.74) is 5.10. The minimum absolute atomic E-state index is 0.445. The number of nitrogens with zero attached hydrogens (tertiary/aromatic N) is 1. The van der Waals surface area contributed by atoms with Crippen LogP contribution in [0.4, 0.5) is 0 Å². The number of hydrogen-bond acceptors (Lipinski definition) is 6.